The van der Waals surface area contributed by atoms with Crippen molar-refractivity contribution in [2.75, 3.05) is 0 Å². The van der Waals surface area contributed by atoms with Crippen LogP contribution in [-0.2, 0) is 6.61 Å². The summed E-state index contributed by atoms with van der Waals surface area (Å²) in [5.74, 6) is 0.0334. The normalized spacial score (nSPS) is 11.4. The van der Waals surface area contributed by atoms with Crippen LogP contribution in [0.3, 0.4) is 0 Å². The summed E-state index contributed by atoms with van der Waals surface area (Å²) in [6.45, 7) is 0.156. The molecule has 2 rings (SSSR count). The average molecular weight is 340 g/mol. The fourth-order valence-electron chi connectivity index (χ4n) is 1.58. The molecule has 5 nitrogen and oxygen atoms in total. The van der Waals surface area contributed by atoms with Gasteiger partial charge in [-0.3, -0.25) is 4.98 Å². The van der Waals surface area contributed by atoms with Crippen LogP contribution in [0.15, 0.2) is 46.2 Å². The van der Waals surface area contributed by atoms with Crippen LogP contribution in [0.25, 0.3) is 0 Å². The maximum Gasteiger partial charge on any atom is 0.189 e. The SMILES string of the molecule is NC(=NO)c1ncccc1COc1ccc(F)cc1Br. The van der Waals surface area contributed by atoms with E-state index >= 15 is 0 Å². The highest BCUT2D eigenvalue weighted by atomic mass is 79.9. The molecule has 20 heavy (non-hydrogen) atoms. The first-order valence-corrected chi connectivity index (χ1v) is 6.40. The second kappa shape index (κ2) is 6.33. The van der Waals surface area contributed by atoms with Crippen LogP contribution < -0.4 is 10.5 Å². The summed E-state index contributed by atoms with van der Waals surface area (Å²) in [5, 5.41) is 11.6. The zero-order valence-electron chi connectivity index (χ0n) is 10.3. The Labute approximate surface area is 123 Å². The van der Waals surface area contributed by atoms with Crippen molar-refractivity contribution < 1.29 is 14.3 Å². The van der Waals surface area contributed by atoms with Crippen LogP contribution in [0.2, 0.25) is 0 Å². The molecule has 3 N–H and O–H groups in total. The molecule has 0 amide bonds. The molecule has 0 saturated carbocycles. The molecule has 104 valence electrons. The van der Waals surface area contributed by atoms with Gasteiger partial charge in [-0.25, -0.2) is 4.39 Å². The first kappa shape index (κ1) is 14.3. The third kappa shape index (κ3) is 3.24. The lowest BCUT2D eigenvalue weighted by molar-refractivity contribution is 0.302. The predicted octanol–water partition coefficient (Wildman–Crippen LogP) is 2.66. The summed E-state index contributed by atoms with van der Waals surface area (Å²) in [7, 11) is 0. The summed E-state index contributed by atoms with van der Waals surface area (Å²) < 4.78 is 19.0. The molecule has 0 aliphatic rings. The van der Waals surface area contributed by atoms with Crippen LogP contribution in [0.4, 0.5) is 4.39 Å². The van der Waals surface area contributed by atoms with E-state index in [1.807, 2.05) is 0 Å². The van der Waals surface area contributed by atoms with E-state index in [4.69, 9.17) is 15.7 Å². The Morgan fingerprint density at radius 3 is 2.95 bits per heavy atom. The predicted molar refractivity (Wildman–Crippen MR) is 75.2 cm³/mol. The molecule has 0 bridgehead atoms. The zero-order chi connectivity index (χ0) is 14.5. The Balaban J connectivity index is 2.19. The number of nitrogens with zero attached hydrogens (tertiary/aromatic N) is 2. The van der Waals surface area contributed by atoms with Crippen LogP contribution in [0.5, 0.6) is 5.75 Å². The van der Waals surface area contributed by atoms with E-state index in [-0.39, 0.29) is 18.3 Å². The molecule has 0 spiro atoms. The number of rotatable bonds is 4. The van der Waals surface area contributed by atoms with E-state index < -0.39 is 0 Å². The Kier molecular flexibility index (Phi) is 4.52. The molecule has 0 unspecified atom stereocenters. The van der Waals surface area contributed by atoms with Crippen molar-refractivity contribution in [3.63, 3.8) is 0 Å². The quantitative estimate of drug-likeness (QED) is 0.388. The Morgan fingerprint density at radius 1 is 1.45 bits per heavy atom. The molecule has 0 aliphatic carbocycles. The minimum atomic E-state index is -0.358. The molecular weight excluding hydrogens is 329 g/mol. The lowest BCUT2D eigenvalue weighted by Gasteiger charge is -2.10. The fourth-order valence-corrected chi connectivity index (χ4v) is 2.05. The Hall–Kier alpha value is -2.15. The highest BCUT2D eigenvalue weighted by molar-refractivity contribution is 9.10. The van der Waals surface area contributed by atoms with Crippen molar-refractivity contribution in [3.05, 3.63) is 58.1 Å². The van der Waals surface area contributed by atoms with Gasteiger partial charge in [0, 0.05) is 11.8 Å². The number of pyridine rings is 1. The number of aromatic nitrogens is 1. The van der Waals surface area contributed by atoms with Crippen LogP contribution >= 0.6 is 15.9 Å². The fraction of sp³-hybridized carbons (Fsp3) is 0.0769. The second-order valence-corrected chi connectivity index (χ2v) is 4.71. The van der Waals surface area contributed by atoms with Crippen molar-refractivity contribution >= 4 is 21.8 Å². The van der Waals surface area contributed by atoms with Gasteiger partial charge in [0.05, 0.1) is 4.47 Å². The zero-order valence-corrected chi connectivity index (χ0v) is 11.8. The van der Waals surface area contributed by atoms with Gasteiger partial charge in [0.2, 0.25) is 0 Å². The summed E-state index contributed by atoms with van der Waals surface area (Å²) >= 11 is 3.21. The lowest BCUT2D eigenvalue weighted by atomic mass is 10.2. The van der Waals surface area contributed by atoms with Gasteiger partial charge in [-0.1, -0.05) is 11.2 Å². The molecule has 0 saturated heterocycles. The van der Waals surface area contributed by atoms with Gasteiger partial charge in [0.15, 0.2) is 5.84 Å². The molecule has 7 heteroatoms. The van der Waals surface area contributed by atoms with Crippen molar-refractivity contribution in [2.45, 2.75) is 6.61 Å². The van der Waals surface area contributed by atoms with E-state index in [9.17, 15) is 4.39 Å². The average Bonchev–Trinajstić information content (AvgIpc) is 2.46. The van der Waals surface area contributed by atoms with Gasteiger partial charge < -0.3 is 15.7 Å². The molecule has 0 fully saturated rings. The number of nitrogens with two attached hydrogens (primary N) is 1. The molecule has 2 aromatic rings. The lowest BCUT2D eigenvalue weighted by Crippen LogP contribution is -2.18. The number of benzene rings is 1. The third-order valence-corrected chi connectivity index (χ3v) is 3.14. The topological polar surface area (TPSA) is 80.7 Å². The number of hydrogen-bond donors (Lipinski definition) is 2. The molecule has 1 aromatic heterocycles. The van der Waals surface area contributed by atoms with Crippen LogP contribution in [0.1, 0.15) is 11.3 Å². The number of hydrogen-bond acceptors (Lipinski definition) is 4. The Morgan fingerprint density at radius 2 is 2.25 bits per heavy atom. The molecule has 0 radical (unpaired) electrons. The van der Waals surface area contributed by atoms with Gasteiger partial charge >= 0.3 is 0 Å². The van der Waals surface area contributed by atoms with E-state index in [2.05, 4.69) is 26.1 Å². The standard InChI is InChI=1S/C13H11BrFN3O2/c14-10-6-9(15)3-4-11(10)20-7-8-2-1-5-17-12(8)13(16)18-19/h1-6,19H,7H2,(H2,16,18). The van der Waals surface area contributed by atoms with E-state index in [0.717, 1.165) is 0 Å². The van der Waals surface area contributed by atoms with E-state index in [1.54, 1.807) is 12.1 Å². The summed E-state index contributed by atoms with van der Waals surface area (Å²) in [6.07, 6.45) is 1.53. The molecular formula is C13H11BrFN3O2. The number of amidine groups is 1. The first-order valence-electron chi connectivity index (χ1n) is 5.61. The second-order valence-electron chi connectivity index (χ2n) is 3.86. The van der Waals surface area contributed by atoms with Crippen LogP contribution in [0, 0.1) is 5.82 Å². The minimum Gasteiger partial charge on any atom is -0.488 e. The highest BCUT2D eigenvalue weighted by Crippen LogP contribution is 2.26. The van der Waals surface area contributed by atoms with Gasteiger partial charge in [0.25, 0.3) is 0 Å². The van der Waals surface area contributed by atoms with Crippen molar-refractivity contribution in [1.29, 1.82) is 0 Å². The molecule has 1 heterocycles. The van der Waals surface area contributed by atoms with Crippen LogP contribution in [-0.4, -0.2) is 16.0 Å². The maximum atomic E-state index is 13.0. The Bertz CT molecular complexity index is 649. The summed E-state index contributed by atoms with van der Waals surface area (Å²) in [6, 6.07) is 7.58. The van der Waals surface area contributed by atoms with Crippen molar-refractivity contribution in [1.82, 2.24) is 4.98 Å². The summed E-state index contributed by atoms with van der Waals surface area (Å²) in [4.78, 5) is 4.03. The summed E-state index contributed by atoms with van der Waals surface area (Å²) in [5.41, 5.74) is 6.53. The third-order valence-electron chi connectivity index (χ3n) is 2.52. The monoisotopic (exact) mass is 339 g/mol. The maximum absolute atomic E-state index is 13.0. The van der Waals surface area contributed by atoms with Gasteiger partial charge in [-0.15, -0.1) is 0 Å². The van der Waals surface area contributed by atoms with Gasteiger partial charge in [0.1, 0.15) is 23.9 Å². The number of halogens is 2. The van der Waals surface area contributed by atoms with E-state index in [1.165, 1.54) is 24.4 Å². The number of oxime groups is 1. The highest BCUT2D eigenvalue weighted by Gasteiger charge is 2.10. The minimum absolute atomic E-state index is 0.0950. The van der Waals surface area contributed by atoms with Gasteiger partial charge in [-0.2, -0.15) is 0 Å². The van der Waals surface area contributed by atoms with Crippen molar-refractivity contribution in [3.8, 4) is 5.75 Å². The molecule has 0 aliphatic heterocycles. The number of ether oxygens (including phenoxy) is 1. The largest absolute Gasteiger partial charge is 0.488 e. The first-order chi connectivity index (χ1) is 9.61. The van der Waals surface area contributed by atoms with E-state index in [0.29, 0.717) is 21.5 Å². The molecule has 0 atom stereocenters. The van der Waals surface area contributed by atoms with Crippen molar-refractivity contribution in [2.24, 2.45) is 10.9 Å². The molecule has 1 aromatic carbocycles. The van der Waals surface area contributed by atoms with Gasteiger partial charge in [-0.05, 0) is 40.2 Å². The smallest absolute Gasteiger partial charge is 0.189 e.